The van der Waals surface area contributed by atoms with Crippen LogP contribution in [0.5, 0.6) is 0 Å². The fourth-order valence-corrected chi connectivity index (χ4v) is 2.53. The second-order valence-corrected chi connectivity index (χ2v) is 6.04. The zero-order valence-electron chi connectivity index (χ0n) is 10.8. The first kappa shape index (κ1) is 13.0. The standard InChI is InChI=1S/C13H27NO/c1-10(14)12(13(2,3)4)15-11-8-6-5-7-9-11/h10-12H,5-9,14H2,1-4H3. The van der Waals surface area contributed by atoms with E-state index in [4.69, 9.17) is 10.5 Å². The molecule has 2 nitrogen and oxygen atoms in total. The Morgan fingerprint density at radius 1 is 1.13 bits per heavy atom. The summed E-state index contributed by atoms with van der Waals surface area (Å²) in [6.45, 7) is 8.69. The summed E-state index contributed by atoms with van der Waals surface area (Å²) >= 11 is 0. The molecule has 90 valence electrons. The molecular formula is C13H27NO. The van der Waals surface area contributed by atoms with Crippen LogP contribution in [0.25, 0.3) is 0 Å². The Hall–Kier alpha value is -0.0800. The summed E-state index contributed by atoms with van der Waals surface area (Å²) in [5.74, 6) is 0. The number of rotatable bonds is 3. The molecule has 0 bridgehead atoms. The van der Waals surface area contributed by atoms with E-state index in [2.05, 4.69) is 27.7 Å². The summed E-state index contributed by atoms with van der Waals surface area (Å²) in [4.78, 5) is 0. The van der Waals surface area contributed by atoms with Gasteiger partial charge in [0.05, 0.1) is 12.2 Å². The molecule has 0 spiro atoms. The Bertz CT molecular complexity index is 177. The van der Waals surface area contributed by atoms with Gasteiger partial charge in [-0.1, -0.05) is 40.0 Å². The van der Waals surface area contributed by atoms with Crippen molar-refractivity contribution in [2.45, 2.75) is 78.0 Å². The van der Waals surface area contributed by atoms with E-state index in [1.54, 1.807) is 0 Å². The molecule has 0 aliphatic heterocycles. The lowest BCUT2D eigenvalue weighted by Gasteiger charge is -2.37. The molecule has 0 saturated heterocycles. The normalized spacial score (nSPS) is 23.8. The molecule has 0 heterocycles. The molecule has 0 aromatic rings. The Kier molecular flexibility index (Phi) is 4.60. The third-order valence-corrected chi connectivity index (χ3v) is 3.22. The van der Waals surface area contributed by atoms with Gasteiger partial charge >= 0.3 is 0 Å². The van der Waals surface area contributed by atoms with Crippen LogP contribution in [-0.4, -0.2) is 18.2 Å². The molecule has 2 N–H and O–H groups in total. The molecule has 0 aromatic carbocycles. The Morgan fingerprint density at radius 2 is 1.67 bits per heavy atom. The number of hydrogen-bond donors (Lipinski definition) is 1. The van der Waals surface area contributed by atoms with Crippen molar-refractivity contribution in [3.05, 3.63) is 0 Å². The first-order valence-corrected chi connectivity index (χ1v) is 6.32. The summed E-state index contributed by atoms with van der Waals surface area (Å²) in [6.07, 6.45) is 7.09. The highest BCUT2D eigenvalue weighted by molar-refractivity contribution is 4.83. The molecule has 2 unspecified atom stereocenters. The highest BCUT2D eigenvalue weighted by Crippen LogP contribution is 2.29. The molecule has 2 heteroatoms. The van der Waals surface area contributed by atoms with Crippen LogP contribution in [0.15, 0.2) is 0 Å². The van der Waals surface area contributed by atoms with Crippen LogP contribution in [0, 0.1) is 5.41 Å². The van der Waals surface area contributed by atoms with Crippen molar-refractivity contribution in [2.75, 3.05) is 0 Å². The van der Waals surface area contributed by atoms with E-state index in [0.717, 1.165) is 0 Å². The SMILES string of the molecule is CC(N)C(OC1CCCCC1)C(C)(C)C. The molecule has 1 rings (SSSR count). The maximum atomic E-state index is 6.19. The lowest BCUT2D eigenvalue weighted by Crippen LogP contribution is -2.45. The first-order chi connectivity index (χ1) is 6.91. The van der Waals surface area contributed by atoms with Crippen molar-refractivity contribution in [2.24, 2.45) is 11.1 Å². The Morgan fingerprint density at radius 3 is 2.07 bits per heavy atom. The monoisotopic (exact) mass is 213 g/mol. The van der Waals surface area contributed by atoms with Gasteiger partial charge in [0, 0.05) is 6.04 Å². The van der Waals surface area contributed by atoms with E-state index in [-0.39, 0.29) is 17.6 Å². The second-order valence-electron chi connectivity index (χ2n) is 6.04. The molecule has 1 aliphatic carbocycles. The highest BCUT2D eigenvalue weighted by atomic mass is 16.5. The predicted molar refractivity (Wildman–Crippen MR) is 64.9 cm³/mol. The minimum absolute atomic E-state index is 0.118. The van der Waals surface area contributed by atoms with Gasteiger partial charge in [0.2, 0.25) is 0 Å². The van der Waals surface area contributed by atoms with E-state index >= 15 is 0 Å². The summed E-state index contributed by atoms with van der Waals surface area (Å²) in [5, 5.41) is 0. The Labute approximate surface area is 94.6 Å². The van der Waals surface area contributed by atoms with Crippen molar-refractivity contribution in [1.82, 2.24) is 0 Å². The van der Waals surface area contributed by atoms with E-state index < -0.39 is 0 Å². The number of hydrogen-bond acceptors (Lipinski definition) is 2. The third kappa shape index (κ3) is 4.12. The van der Waals surface area contributed by atoms with E-state index in [0.29, 0.717) is 6.10 Å². The molecule has 15 heavy (non-hydrogen) atoms. The van der Waals surface area contributed by atoms with Gasteiger partial charge in [0.25, 0.3) is 0 Å². The number of nitrogens with two attached hydrogens (primary N) is 1. The largest absolute Gasteiger partial charge is 0.373 e. The van der Waals surface area contributed by atoms with Gasteiger partial charge in [-0.3, -0.25) is 0 Å². The average molecular weight is 213 g/mol. The zero-order valence-corrected chi connectivity index (χ0v) is 10.8. The maximum Gasteiger partial charge on any atom is 0.0775 e. The molecule has 0 aromatic heterocycles. The molecule has 1 saturated carbocycles. The minimum Gasteiger partial charge on any atom is -0.373 e. The van der Waals surface area contributed by atoms with Gasteiger partial charge in [0.1, 0.15) is 0 Å². The fraction of sp³-hybridized carbons (Fsp3) is 1.00. The lowest BCUT2D eigenvalue weighted by atomic mass is 9.84. The number of ether oxygens (including phenoxy) is 1. The third-order valence-electron chi connectivity index (χ3n) is 3.22. The van der Waals surface area contributed by atoms with Crippen LogP contribution in [0.2, 0.25) is 0 Å². The molecular weight excluding hydrogens is 186 g/mol. The maximum absolute atomic E-state index is 6.19. The molecule has 0 radical (unpaired) electrons. The molecule has 0 amide bonds. The predicted octanol–water partition coefficient (Wildman–Crippen LogP) is 3.10. The van der Waals surface area contributed by atoms with Crippen LogP contribution in [0.3, 0.4) is 0 Å². The van der Waals surface area contributed by atoms with Gasteiger partial charge < -0.3 is 10.5 Å². The second kappa shape index (κ2) is 5.31. The van der Waals surface area contributed by atoms with E-state index in [1.807, 2.05) is 0 Å². The summed E-state index contributed by atoms with van der Waals surface area (Å²) in [5.41, 5.74) is 6.16. The molecule has 1 aliphatic rings. The minimum atomic E-state index is 0.118. The van der Waals surface area contributed by atoms with Crippen molar-refractivity contribution >= 4 is 0 Å². The van der Waals surface area contributed by atoms with Gasteiger partial charge in [0.15, 0.2) is 0 Å². The van der Waals surface area contributed by atoms with E-state index in [1.165, 1.54) is 32.1 Å². The van der Waals surface area contributed by atoms with Crippen molar-refractivity contribution < 1.29 is 4.74 Å². The first-order valence-electron chi connectivity index (χ1n) is 6.32. The fourth-order valence-electron chi connectivity index (χ4n) is 2.53. The summed E-state index contributed by atoms with van der Waals surface area (Å²) in [6, 6.07) is 0.118. The topological polar surface area (TPSA) is 35.2 Å². The van der Waals surface area contributed by atoms with Crippen LogP contribution >= 0.6 is 0 Å². The van der Waals surface area contributed by atoms with Crippen molar-refractivity contribution in [3.63, 3.8) is 0 Å². The Balaban J connectivity index is 2.50. The molecule has 2 atom stereocenters. The van der Waals surface area contributed by atoms with E-state index in [9.17, 15) is 0 Å². The van der Waals surface area contributed by atoms with Crippen LogP contribution in [0.4, 0.5) is 0 Å². The van der Waals surface area contributed by atoms with Gasteiger partial charge in [-0.25, -0.2) is 0 Å². The van der Waals surface area contributed by atoms with Crippen LogP contribution in [0.1, 0.15) is 59.8 Å². The molecule has 1 fully saturated rings. The lowest BCUT2D eigenvalue weighted by molar-refractivity contribution is -0.0872. The van der Waals surface area contributed by atoms with Gasteiger partial charge in [-0.2, -0.15) is 0 Å². The van der Waals surface area contributed by atoms with Crippen LogP contribution < -0.4 is 5.73 Å². The van der Waals surface area contributed by atoms with Crippen molar-refractivity contribution in [3.8, 4) is 0 Å². The summed E-state index contributed by atoms with van der Waals surface area (Å²) < 4.78 is 6.19. The van der Waals surface area contributed by atoms with Crippen molar-refractivity contribution in [1.29, 1.82) is 0 Å². The quantitative estimate of drug-likeness (QED) is 0.782. The van der Waals surface area contributed by atoms with Crippen LogP contribution in [-0.2, 0) is 4.74 Å². The smallest absolute Gasteiger partial charge is 0.0775 e. The zero-order chi connectivity index (χ0) is 11.5. The average Bonchev–Trinajstić information content (AvgIpc) is 2.13. The highest BCUT2D eigenvalue weighted by Gasteiger charge is 2.31. The summed E-state index contributed by atoms with van der Waals surface area (Å²) in [7, 11) is 0. The van der Waals surface area contributed by atoms with Gasteiger partial charge in [-0.05, 0) is 25.2 Å². The van der Waals surface area contributed by atoms with Gasteiger partial charge in [-0.15, -0.1) is 0 Å².